The summed E-state index contributed by atoms with van der Waals surface area (Å²) in [5, 5.41) is 14.6. The van der Waals surface area contributed by atoms with Gasteiger partial charge in [0.05, 0.1) is 11.9 Å². The number of aromatic amines is 2. The van der Waals surface area contributed by atoms with Gasteiger partial charge in [-0.3, -0.25) is 15.1 Å². The molecular weight excluding hydrogens is 298 g/mol. The third kappa shape index (κ3) is 3.41. The molecule has 4 rings (SSSR count). The molecule has 1 saturated heterocycles. The molecule has 1 aromatic carbocycles. The van der Waals surface area contributed by atoms with E-state index in [1.54, 1.807) is 0 Å². The van der Waals surface area contributed by atoms with Gasteiger partial charge in [-0.05, 0) is 43.4 Å². The largest absolute Gasteiger partial charge is 0.299 e. The summed E-state index contributed by atoms with van der Waals surface area (Å²) < 4.78 is 0. The summed E-state index contributed by atoms with van der Waals surface area (Å²) in [5.41, 5.74) is 4.88. The van der Waals surface area contributed by atoms with Crippen LogP contribution >= 0.6 is 0 Å². The number of nitrogens with one attached hydrogen (secondary N) is 2. The standard InChI is InChI=1S/C19H23N5/c1-2-6-16(7-3-1)19-17(12-21-23-19)14-24-10-4-5-15(13-24)11-18-8-9-20-22-18/h1-3,6-9,12,15H,4-5,10-11,13-14H2,(H,20,22)(H,21,23)/t15-/m1/s1. The molecule has 3 heterocycles. The number of likely N-dealkylation sites (tertiary alicyclic amines) is 1. The number of hydrogen-bond acceptors (Lipinski definition) is 3. The molecule has 1 aliphatic heterocycles. The van der Waals surface area contributed by atoms with Crippen LogP contribution < -0.4 is 0 Å². The van der Waals surface area contributed by atoms with Crippen LogP contribution in [0.15, 0.2) is 48.8 Å². The predicted molar refractivity (Wildman–Crippen MR) is 94.3 cm³/mol. The fraction of sp³-hybridized carbons (Fsp3) is 0.368. The minimum absolute atomic E-state index is 0.700. The van der Waals surface area contributed by atoms with Crippen molar-refractivity contribution in [3.8, 4) is 11.3 Å². The Hall–Kier alpha value is -2.40. The summed E-state index contributed by atoms with van der Waals surface area (Å²) in [5.74, 6) is 0.700. The van der Waals surface area contributed by atoms with Crippen LogP contribution in [0.25, 0.3) is 11.3 Å². The summed E-state index contributed by atoms with van der Waals surface area (Å²) in [6.45, 7) is 3.26. The Morgan fingerprint density at radius 3 is 2.83 bits per heavy atom. The Morgan fingerprint density at radius 1 is 1.08 bits per heavy atom. The Bertz CT molecular complexity index is 747. The average molecular weight is 321 g/mol. The van der Waals surface area contributed by atoms with Gasteiger partial charge in [0.2, 0.25) is 0 Å². The van der Waals surface area contributed by atoms with E-state index < -0.39 is 0 Å². The van der Waals surface area contributed by atoms with Gasteiger partial charge in [-0.1, -0.05) is 30.3 Å². The molecule has 0 aliphatic carbocycles. The summed E-state index contributed by atoms with van der Waals surface area (Å²) in [6, 6.07) is 12.5. The minimum Gasteiger partial charge on any atom is -0.299 e. The van der Waals surface area contributed by atoms with Crippen molar-refractivity contribution in [2.45, 2.75) is 25.8 Å². The molecule has 5 heteroatoms. The molecule has 2 aromatic heterocycles. The van der Waals surface area contributed by atoms with Gasteiger partial charge in [-0.15, -0.1) is 0 Å². The van der Waals surface area contributed by atoms with E-state index in [0.29, 0.717) is 5.92 Å². The highest BCUT2D eigenvalue weighted by atomic mass is 15.2. The maximum Gasteiger partial charge on any atom is 0.0695 e. The van der Waals surface area contributed by atoms with Gasteiger partial charge in [0.25, 0.3) is 0 Å². The van der Waals surface area contributed by atoms with Gasteiger partial charge in [-0.25, -0.2) is 0 Å². The van der Waals surface area contributed by atoms with Crippen LogP contribution in [0.3, 0.4) is 0 Å². The van der Waals surface area contributed by atoms with Gasteiger partial charge in [0.15, 0.2) is 0 Å². The second-order valence-corrected chi connectivity index (χ2v) is 6.67. The summed E-state index contributed by atoms with van der Waals surface area (Å²) in [7, 11) is 0. The zero-order chi connectivity index (χ0) is 16.2. The van der Waals surface area contributed by atoms with Crippen LogP contribution in [0, 0.1) is 5.92 Å². The first kappa shape index (κ1) is 15.1. The van der Waals surface area contributed by atoms with E-state index in [1.807, 2.05) is 18.5 Å². The molecule has 124 valence electrons. The highest BCUT2D eigenvalue weighted by Gasteiger charge is 2.22. The van der Waals surface area contributed by atoms with Gasteiger partial charge >= 0.3 is 0 Å². The fourth-order valence-electron chi connectivity index (χ4n) is 3.70. The molecule has 0 bridgehead atoms. The van der Waals surface area contributed by atoms with Crippen molar-refractivity contribution in [3.05, 3.63) is 60.0 Å². The molecule has 1 fully saturated rings. The maximum atomic E-state index is 4.28. The Balaban J connectivity index is 1.43. The van der Waals surface area contributed by atoms with E-state index in [1.165, 1.54) is 36.2 Å². The lowest BCUT2D eigenvalue weighted by molar-refractivity contribution is 0.166. The van der Waals surface area contributed by atoms with Crippen molar-refractivity contribution in [1.29, 1.82) is 0 Å². The Labute approximate surface area is 142 Å². The molecule has 0 radical (unpaired) electrons. The van der Waals surface area contributed by atoms with E-state index >= 15 is 0 Å². The number of piperidine rings is 1. The second kappa shape index (κ2) is 7.01. The number of rotatable bonds is 5. The van der Waals surface area contributed by atoms with Crippen LogP contribution in [-0.2, 0) is 13.0 Å². The molecule has 1 aliphatic rings. The lowest BCUT2D eigenvalue weighted by atomic mass is 9.93. The highest BCUT2D eigenvalue weighted by Crippen LogP contribution is 2.25. The second-order valence-electron chi connectivity index (χ2n) is 6.67. The summed E-state index contributed by atoms with van der Waals surface area (Å²) in [4.78, 5) is 2.56. The smallest absolute Gasteiger partial charge is 0.0695 e. The number of H-pyrrole nitrogens is 2. The molecule has 5 nitrogen and oxygen atoms in total. The van der Waals surface area contributed by atoms with E-state index in [2.05, 4.69) is 55.6 Å². The molecule has 0 amide bonds. The number of benzene rings is 1. The van der Waals surface area contributed by atoms with Crippen molar-refractivity contribution in [3.63, 3.8) is 0 Å². The zero-order valence-electron chi connectivity index (χ0n) is 13.8. The van der Waals surface area contributed by atoms with Crippen LogP contribution in [0.4, 0.5) is 0 Å². The average Bonchev–Trinajstić information content (AvgIpc) is 3.28. The quantitative estimate of drug-likeness (QED) is 0.758. The van der Waals surface area contributed by atoms with Gasteiger partial charge in [-0.2, -0.15) is 10.2 Å². The van der Waals surface area contributed by atoms with E-state index in [0.717, 1.165) is 25.2 Å². The van der Waals surface area contributed by atoms with Crippen molar-refractivity contribution in [1.82, 2.24) is 25.3 Å². The summed E-state index contributed by atoms with van der Waals surface area (Å²) in [6.07, 6.45) is 7.46. The predicted octanol–water partition coefficient (Wildman–Crippen LogP) is 3.25. The van der Waals surface area contributed by atoms with E-state index in [9.17, 15) is 0 Å². The fourth-order valence-corrected chi connectivity index (χ4v) is 3.70. The SMILES string of the molecule is c1ccc(-c2[nH]ncc2CN2CCC[C@H](Cc3ccn[nH]3)C2)cc1. The molecule has 1 atom stereocenters. The van der Waals surface area contributed by atoms with Crippen molar-refractivity contribution in [2.75, 3.05) is 13.1 Å². The zero-order valence-corrected chi connectivity index (χ0v) is 13.8. The first-order valence-corrected chi connectivity index (χ1v) is 8.67. The maximum absolute atomic E-state index is 4.28. The number of hydrogen-bond donors (Lipinski definition) is 2. The first-order valence-electron chi connectivity index (χ1n) is 8.67. The Morgan fingerprint density at radius 2 is 2.00 bits per heavy atom. The monoisotopic (exact) mass is 321 g/mol. The molecule has 24 heavy (non-hydrogen) atoms. The van der Waals surface area contributed by atoms with Crippen LogP contribution in [0.5, 0.6) is 0 Å². The van der Waals surface area contributed by atoms with Gasteiger partial charge in [0.1, 0.15) is 0 Å². The van der Waals surface area contributed by atoms with Crippen LogP contribution in [0.2, 0.25) is 0 Å². The molecule has 0 spiro atoms. The molecule has 0 saturated carbocycles. The molecule has 3 aromatic rings. The third-order valence-corrected chi connectivity index (χ3v) is 4.84. The molecule has 0 unspecified atom stereocenters. The first-order chi connectivity index (χ1) is 11.9. The van der Waals surface area contributed by atoms with Crippen molar-refractivity contribution < 1.29 is 0 Å². The topological polar surface area (TPSA) is 60.6 Å². The Kier molecular flexibility index (Phi) is 4.42. The third-order valence-electron chi connectivity index (χ3n) is 4.84. The lowest BCUT2D eigenvalue weighted by Gasteiger charge is -2.32. The van der Waals surface area contributed by atoms with Crippen molar-refractivity contribution >= 4 is 0 Å². The van der Waals surface area contributed by atoms with Gasteiger partial charge < -0.3 is 0 Å². The lowest BCUT2D eigenvalue weighted by Crippen LogP contribution is -2.35. The highest BCUT2D eigenvalue weighted by molar-refractivity contribution is 5.62. The normalized spacial score (nSPS) is 18.8. The molecular formula is C19H23N5. The van der Waals surface area contributed by atoms with Crippen molar-refractivity contribution in [2.24, 2.45) is 5.92 Å². The van der Waals surface area contributed by atoms with E-state index in [-0.39, 0.29) is 0 Å². The number of nitrogens with zero attached hydrogens (tertiary/aromatic N) is 3. The summed E-state index contributed by atoms with van der Waals surface area (Å²) >= 11 is 0. The van der Waals surface area contributed by atoms with Crippen LogP contribution in [-0.4, -0.2) is 38.4 Å². The van der Waals surface area contributed by atoms with Crippen LogP contribution in [0.1, 0.15) is 24.1 Å². The number of aromatic nitrogens is 4. The minimum atomic E-state index is 0.700. The molecule has 2 N–H and O–H groups in total. The van der Waals surface area contributed by atoms with Gasteiger partial charge in [0, 0.05) is 30.5 Å². The van der Waals surface area contributed by atoms with E-state index in [4.69, 9.17) is 0 Å².